The van der Waals surface area contributed by atoms with Crippen LogP contribution in [0.25, 0.3) is 0 Å². The van der Waals surface area contributed by atoms with Crippen molar-refractivity contribution < 1.29 is 9.53 Å². The minimum absolute atomic E-state index is 0.275. The Morgan fingerprint density at radius 2 is 2.31 bits per heavy atom. The van der Waals surface area contributed by atoms with E-state index in [9.17, 15) is 4.79 Å². The number of nitrogen functional groups attached to an aromatic ring is 1. The zero-order valence-electron chi connectivity index (χ0n) is 9.03. The third-order valence-electron chi connectivity index (χ3n) is 1.94. The Kier molecular flexibility index (Phi) is 5.49. The first-order chi connectivity index (χ1) is 7.66. The average Bonchev–Trinajstić information content (AvgIpc) is 2.28. The number of halogens is 1. The molecule has 1 rings (SSSR count). The standard InChI is InChI=1S/C11H14ClNO2S/c1-2-16-7-6-15-11(14)8-4-3-5-9(12)10(8)13/h3-5H,2,6-7,13H2,1H3. The molecule has 0 saturated heterocycles. The number of benzene rings is 1. The van der Waals surface area contributed by atoms with Gasteiger partial charge in [-0.1, -0.05) is 24.6 Å². The fourth-order valence-electron chi connectivity index (χ4n) is 1.13. The second-order valence-corrected chi connectivity index (χ2v) is 4.83. The van der Waals surface area contributed by atoms with E-state index < -0.39 is 5.97 Å². The summed E-state index contributed by atoms with van der Waals surface area (Å²) in [5.74, 6) is 1.39. The van der Waals surface area contributed by atoms with Gasteiger partial charge in [-0.05, 0) is 17.9 Å². The topological polar surface area (TPSA) is 52.3 Å². The van der Waals surface area contributed by atoms with Crippen LogP contribution in [0.1, 0.15) is 17.3 Å². The lowest BCUT2D eigenvalue weighted by molar-refractivity contribution is 0.0531. The zero-order valence-corrected chi connectivity index (χ0v) is 10.6. The van der Waals surface area contributed by atoms with Crippen LogP contribution in [0.4, 0.5) is 5.69 Å². The lowest BCUT2D eigenvalue weighted by Gasteiger charge is -2.07. The van der Waals surface area contributed by atoms with Crippen LogP contribution in [0.2, 0.25) is 5.02 Å². The van der Waals surface area contributed by atoms with E-state index in [1.165, 1.54) is 0 Å². The number of anilines is 1. The summed E-state index contributed by atoms with van der Waals surface area (Å²) in [6.07, 6.45) is 0. The van der Waals surface area contributed by atoms with E-state index in [4.69, 9.17) is 22.1 Å². The van der Waals surface area contributed by atoms with Crippen molar-refractivity contribution in [2.24, 2.45) is 0 Å². The number of carbonyl (C=O) groups excluding carboxylic acids is 1. The van der Waals surface area contributed by atoms with E-state index in [1.807, 2.05) is 0 Å². The minimum Gasteiger partial charge on any atom is -0.461 e. The van der Waals surface area contributed by atoms with Crippen LogP contribution >= 0.6 is 23.4 Å². The predicted molar refractivity (Wildman–Crippen MR) is 69.1 cm³/mol. The van der Waals surface area contributed by atoms with Crippen molar-refractivity contribution in [3.63, 3.8) is 0 Å². The fourth-order valence-corrected chi connectivity index (χ4v) is 1.79. The molecule has 5 heteroatoms. The molecule has 88 valence electrons. The SMILES string of the molecule is CCSCCOC(=O)c1cccc(Cl)c1N. The first-order valence-electron chi connectivity index (χ1n) is 4.95. The molecular formula is C11H14ClNO2S. The molecule has 0 atom stereocenters. The number of ether oxygens (including phenoxy) is 1. The number of carbonyl (C=O) groups is 1. The Bertz CT molecular complexity index is 371. The van der Waals surface area contributed by atoms with Gasteiger partial charge in [0.2, 0.25) is 0 Å². The summed E-state index contributed by atoms with van der Waals surface area (Å²) in [6.45, 7) is 2.45. The van der Waals surface area contributed by atoms with Crippen molar-refractivity contribution in [1.29, 1.82) is 0 Å². The summed E-state index contributed by atoms with van der Waals surface area (Å²) in [5.41, 5.74) is 6.28. The van der Waals surface area contributed by atoms with Crippen molar-refractivity contribution >= 4 is 35.0 Å². The number of hydrogen-bond acceptors (Lipinski definition) is 4. The molecule has 0 bridgehead atoms. The minimum atomic E-state index is -0.420. The van der Waals surface area contributed by atoms with Crippen molar-refractivity contribution in [3.8, 4) is 0 Å². The highest BCUT2D eigenvalue weighted by molar-refractivity contribution is 7.99. The highest BCUT2D eigenvalue weighted by Gasteiger charge is 2.12. The average molecular weight is 260 g/mol. The molecule has 16 heavy (non-hydrogen) atoms. The van der Waals surface area contributed by atoms with Crippen LogP contribution < -0.4 is 5.73 Å². The summed E-state index contributed by atoms with van der Waals surface area (Å²) >= 11 is 7.52. The molecule has 0 aromatic heterocycles. The summed E-state index contributed by atoms with van der Waals surface area (Å²) in [6, 6.07) is 4.92. The maximum absolute atomic E-state index is 11.6. The molecule has 0 unspecified atom stereocenters. The molecule has 0 heterocycles. The molecule has 0 saturated carbocycles. The van der Waals surface area contributed by atoms with Crippen LogP contribution in [0, 0.1) is 0 Å². The van der Waals surface area contributed by atoms with Gasteiger partial charge in [0.1, 0.15) is 6.61 Å². The molecule has 0 radical (unpaired) electrons. The third-order valence-corrected chi connectivity index (χ3v) is 3.13. The maximum atomic E-state index is 11.6. The van der Waals surface area contributed by atoms with Crippen LogP contribution in [0.3, 0.4) is 0 Å². The third kappa shape index (κ3) is 3.61. The monoisotopic (exact) mass is 259 g/mol. The van der Waals surface area contributed by atoms with Gasteiger partial charge in [0, 0.05) is 5.75 Å². The van der Waals surface area contributed by atoms with E-state index in [-0.39, 0.29) is 5.69 Å². The van der Waals surface area contributed by atoms with Crippen molar-refractivity contribution in [1.82, 2.24) is 0 Å². The van der Waals surface area contributed by atoms with E-state index >= 15 is 0 Å². The van der Waals surface area contributed by atoms with Gasteiger partial charge in [0.05, 0.1) is 16.3 Å². The normalized spacial score (nSPS) is 10.1. The van der Waals surface area contributed by atoms with Gasteiger partial charge in [0.25, 0.3) is 0 Å². The highest BCUT2D eigenvalue weighted by atomic mass is 35.5. The summed E-state index contributed by atoms with van der Waals surface area (Å²) in [5, 5.41) is 0.373. The Labute approximate surface area is 104 Å². The van der Waals surface area contributed by atoms with Crippen molar-refractivity contribution in [2.75, 3.05) is 23.8 Å². The van der Waals surface area contributed by atoms with Crippen LogP contribution in [-0.2, 0) is 4.74 Å². The first kappa shape index (κ1) is 13.2. The summed E-state index contributed by atoms with van der Waals surface area (Å²) in [7, 11) is 0. The molecule has 0 aliphatic heterocycles. The molecular weight excluding hydrogens is 246 g/mol. The maximum Gasteiger partial charge on any atom is 0.340 e. The molecule has 3 nitrogen and oxygen atoms in total. The molecule has 2 N–H and O–H groups in total. The van der Waals surface area contributed by atoms with Crippen molar-refractivity contribution in [3.05, 3.63) is 28.8 Å². The number of para-hydroxylation sites is 1. The molecule has 0 aliphatic rings. The van der Waals surface area contributed by atoms with E-state index in [2.05, 4.69) is 6.92 Å². The second-order valence-electron chi connectivity index (χ2n) is 3.03. The molecule has 1 aromatic carbocycles. The van der Waals surface area contributed by atoms with Gasteiger partial charge < -0.3 is 10.5 Å². The zero-order chi connectivity index (χ0) is 12.0. The second kappa shape index (κ2) is 6.66. The Balaban J connectivity index is 2.56. The Hall–Kier alpha value is -0.870. The van der Waals surface area contributed by atoms with Gasteiger partial charge in [-0.15, -0.1) is 0 Å². The quantitative estimate of drug-likeness (QED) is 0.502. The molecule has 0 fully saturated rings. The van der Waals surface area contributed by atoms with E-state index in [0.29, 0.717) is 17.2 Å². The van der Waals surface area contributed by atoms with Gasteiger partial charge in [0.15, 0.2) is 0 Å². The Morgan fingerprint density at radius 3 is 3.00 bits per heavy atom. The Morgan fingerprint density at radius 1 is 1.56 bits per heavy atom. The highest BCUT2D eigenvalue weighted by Crippen LogP contribution is 2.22. The fraction of sp³-hybridized carbons (Fsp3) is 0.364. The van der Waals surface area contributed by atoms with Gasteiger partial charge >= 0.3 is 5.97 Å². The summed E-state index contributed by atoms with van der Waals surface area (Å²) < 4.78 is 5.07. The number of thioether (sulfide) groups is 1. The van der Waals surface area contributed by atoms with Crippen LogP contribution in [0.15, 0.2) is 18.2 Å². The number of nitrogens with two attached hydrogens (primary N) is 1. The van der Waals surface area contributed by atoms with Gasteiger partial charge in [-0.3, -0.25) is 0 Å². The number of esters is 1. The van der Waals surface area contributed by atoms with E-state index in [1.54, 1.807) is 30.0 Å². The lowest BCUT2D eigenvalue weighted by atomic mass is 10.2. The van der Waals surface area contributed by atoms with Gasteiger partial charge in [-0.2, -0.15) is 11.8 Å². The first-order valence-corrected chi connectivity index (χ1v) is 6.49. The number of rotatable bonds is 5. The van der Waals surface area contributed by atoms with Gasteiger partial charge in [-0.25, -0.2) is 4.79 Å². The predicted octanol–water partition coefficient (Wildman–Crippen LogP) is 2.83. The smallest absolute Gasteiger partial charge is 0.340 e. The largest absolute Gasteiger partial charge is 0.461 e. The summed E-state index contributed by atoms with van der Waals surface area (Å²) in [4.78, 5) is 11.6. The van der Waals surface area contributed by atoms with E-state index in [0.717, 1.165) is 11.5 Å². The lowest BCUT2D eigenvalue weighted by Crippen LogP contribution is -2.10. The molecule has 0 aliphatic carbocycles. The van der Waals surface area contributed by atoms with Crippen LogP contribution in [-0.4, -0.2) is 24.1 Å². The molecule has 0 spiro atoms. The van der Waals surface area contributed by atoms with Crippen molar-refractivity contribution in [2.45, 2.75) is 6.92 Å². The number of hydrogen-bond donors (Lipinski definition) is 1. The molecule has 0 amide bonds. The van der Waals surface area contributed by atoms with Crippen LogP contribution in [0.5, 0.6) is 0 Å². The molecule has 1 aromatic rings.